The fourth-order valence-electron chi connectivity index (χ4n) is 1.65. The second kappa shape index (κ2) is 11.8. The number of nitrogens with zero attached hydrogens (tertiary/aromatic N) is 1. The maximum absolute atomic E-state index is 11.2. The van der Waals surface area contributed by atoms with Gasteiger partial charge in [-0.25, -0.2) is 0 Å². The highest BCUT2D eigenvalue weighted by Crippen LogP contribution is 2.02. The van der Waals surface area contributed by atoms with Crippen molar-refractivity contribution in [3.63, 3.8) is 0 Å². The second-order valence-corrected chi connectivity index (χ2v) is 8.05. The molecule has 0 spiro atoms. The summed E-state index contributed by atoms with van der Waals surface area (Å²) in [6.07, 6.45) is 1.22. The molecular weight excluding hydrogens is 348 g/mol. The van der Waals surface area contributed by atoms with E-state index in [1.165, 1.54) is 6.92 Å². The van der Waals surface area contributed by atoms with Crippen LogP contribution in [0.15, 0.2) is 24.3 Å². The molecule has 8 nitrogen and oxygen atoms in total. The number of rotatable bonds is 10. The molecule has 0 unspecified atom stereocenters. The number of carbonyl (C=O) groups excluding carboxylic acids is 2. The normalized spacial score (nSPS) is 11.1. The monoisotopic (exact) mass is 378 g/mol. The standard InChI is InChI=1S/C12H24N2O4S.C4H6O2/c1-11(2)12(15)13-7-5-8-14(3,4)9-6-10-19(16,17)18;1-3(2)4(5)6/h1,5-10H2,2-4H3,(H-,13,15,16,17,18);1H2,2H3,(H,5,6). The highest BCUT2D eigenvalue weighted by Gasteiger charge is 2.16. The van der Waals surface area contributed by atoms with Crippen LogP contribution in [0.4, 0.5) is 0 Å². The third-order valence-electron chi connectivity index (χ3n) is 3.13. The Balaban J connectivity index is 0. The number of carboxylic acids is 1. The molecule has 2 N–H and O–H groups in total. The fourth-order valence-corrected chi connectivity index (χ4v) is 2.14. The summed E-state index contributed by atoms with van der Waals surface area (Å²) in [5, 5.41) is 12.2. The van der Waals surface area contributed by atoms with E-state index < -0.39 is 16.1 Å². The van der Waals surface area contributed by atoms with Crippen molar-refractivity contribution in [2.75, 3.05) is 39.5 Å². The Morgan fingerprint density at radius 2 is 1.52 bits per heavy atom. The summed E-state index contributed by atoms with van der Waals surface area (Å²) in [5.74, 6) is -1.53. The molecule has 0 aromatic carbocycles. The van der Waals surface area contributed by atoms with Crippen LogP contribution >= 0.6 is 0 Å². The Morgan fingerprint density at radius 1 is 1.08 bits per heavy atom. The lowest BCUT2D eigenvalue weighted by molar-refractivity contribution is -0.890. The van der Waals surface area contributed by atoms with Gasteiger partial charge in [-0.15, -0.1) is 0 Å². The molecule has 25 heavy (non-hydrogen) atoms. The Morgan fingerprint density at radius 3 is 1.88 bits per heavy atom. The van der Waals surface area contributed by atoms with E-state index in [1.54, 1.807) is 6.92 Å². The maximum atomic E-state index is 11.2. The zero-order valence-corrected chi connectivity index (χ0v) is 16.3. The van der Waals surface area contributed by atoms with Crippen molar-refractivity contribution in [3.05, 3.63) is 24.3 Å². The van der Waals surface area contributed by atoms with E-state index in [0.29, 0.717) is 29.6 Å². The highest BCUT2D eigenvalue weighted by atomic mass is 32.2. The number of amides is 1. The molecule has 0 aliphatic carbocycles. The van der Waals surface area contributed by atoms with Crippen LogP contribution in [-0.2, 0) is 19.7 Å². The minimum atomic E-state index is -3.87. The van der Waals surface area contributed by atoms with Crippen molar-refractivity contribution < 1.29 is 32.1 Å². The highest BCUT2D eigenvalue weighted by molar-refractivity contribution is 7.85. The van der Waals surface area contributed by atoms with E-state index >= 15 is 0 Å². The molecule has 0 radical (unpaired) electrons. The van der Waals surface area contributed by atoms with Gasteiger partial charge in [-0.2, -0.15) is 8.42 Å². The summed E-state index contributed by atoms with van der Waals surface area (Å²) in [4.78, 5) is 20.7. The number of aliphatic carboxylic acids is 1. The summed E-state index contributed by atoms with van der Waals surface area (Å²) in [6, 6.07) is 0. The number of carboxylic acid groups (broad SMARTS) is 1. The number of hydrogen-bond donors (Lipinski definition) is 2. The first kappa shape index (κ1) is 25.5. The fraction of sp³-hybridized carbons (Fsp3) is 0.625. The van der Waals surface area contributed by atoms with E-state index in [9.17, 15) is 23.1 Å². The first-order valence-electron chi connectivity index (χ1n) is 7.75. The lowest BCUT2D eigenvalue weighted by Gasteiger charge is -2.29. The van der Waals surface area contributed by atoms with Gasteiger partial charge in [0.1, 0.15) is 0 Å². The van der Waals surface area contributed by atoms with Gasteiger partial charge in [-0.1, -0.05) is 13.2 Å². The molecule has 0 aromatic rings. The van der Waals surface area contributed by atoms with Crippen LogP contribution in [-0.4, -0.2) is 68.8 Å². The van der Waals surface area contributed by atoms with Gasteiger partial charge >= 0.3 is 0 Å². The molecule has 9 heteroatoms. The SMILES string of the molecule is C=C(C)C(=O)NCCC[N+](C)(C)CCCS(=O)(=O)O.C=C(C)C(=O)[O-]. The largest absolute Gasteiger partial charge is 0.545 e. The number of hydrogen-bond acceptors (Lipinski definition) is 5. The first-order chi connectivity index (χ1) is 11.2. The van der Waals surface area contributed by atoms with Gasteiger partial charge in [0.25, 0.3) is 10.1 Å². The molecule has 1 amide bonds. The van der Waals surface area contributed by atoms with Gasteiger partial charge in [0.2, 0.25) is 5.91 Å². The average Bonchev–Trinajstić information content (AvgIpc) is 2.42. The molecule has 0 saturated carbocycles. The third kappa shape index (κ3) is 18.5. The van der Waals surface area contributed by atoms with Crippen LogP contribution in [0.1, 0.15) is 26.7 Å². The number of nitrogens with one attached hydrogen (secondary N) is 1. The van der Waals surface area contributed by atoms with E-state index in [0.717, 1.165) is 13.0 Å². The van der Waals surface area contributed by atoms with E-state index in [4.69, 9.17) is 4.55 Å². The van der Waals surface area contributed by atoms with Gasteiger partial charge in [0, 0.05) is 25.0 Å². The van der Waals surface area contributed by atoms with Crippen molar-refractivity contribution in [1.29, 1.82) is 0 Å². The topological polar surface area (TPSA) is 124 Å². The molecule has 0 fully saturated rings. The predicted octanol–water partition coefficient (Wildman–Crippen LogP) is -0.264. The van der Waals surface area contributed by atoms with Crippen molar-refractivity contribution in [3.8, 4) is 0 Å². The lowest BCUT2D eigenvalue weighted by atomic mass is 10.3. The third-order valence-corrected chi connectivity index (χ3v) is 3.93. The smallest absolute Gasteiger partial charge is 0.265 e. The van der Waals surface area contributed by atoms with Crippen LogP contribution < -0.4 is 10.4 Å². The Bertz CT molecular complexity index is 569. The van der Waals surface area contributed by atoms with E-state index in [-0.39, 0.29) is 17.2 Å². The molecule has 0 aliphatic rings. The molecule has 0 heterocycles. The van der Waals surface area contributed by atoms with Crippen LogP contribution in [0.5, 0.6) is 0 Å². The second-order valence-electron chi connectivity index (χ2n) is 6.48. The Hall–Kier alpha value is -1.71. The van der Waals surface area contributed by atoms with Crippen LogP contribution in [0, 0.1) is 0 Å². The quantitative estimate of drug-likeness (QED) is 0.234. The lowest BCUT2D eigenvalue weighted by Crippen LogP contribution is -2.43. The van der Waals surface area contributed by atoms with E-state index in [2.05, 4.69) is 18.5 Å². The predicted molar refractivity (Wildman–Crippen MR) is 95.1 cm³/mol. The van der Waals surface area contributed by atoms with Crippen molar-refractivity contribution in [2.45, 2.75) is 26.7 Å². The van der Waals surface area contributed by atoms with Gasteiger partial charge in [0.15, 0.2) is 0 Å². The molecule has 0 rings (SSSR count). The van der Waals surface area contributed by atoms with Crippen molar-refractivity contribution >= 4 is 22.0 Å². The minimum Gasteiger partial charge on any atom is -0.545 e. The molecule has 0 aliphatic heterocycles. The Kier molecular flexibility index (Phi) is 12.0. The Labute approximate surface area is 150 Å². The van der Waals surface area contributed by atoms with Crippen LogP contribution in [0.2, 0.25) is 0 Å². The minimum absolute atomic E-state index is 0.0648. The zero-order valence-electron chi connectivity index (χ0n) is 15.5. The van der Waals surface area contributed by atoms with Crippen LogP contribution in [0.3, 0.4) is 0 Å². The van der Waals surface area contributed by atoms with Gasteiger partial charge < -0.3 is 19.7 Å². The zero-order chi connectivity index (χ0) is 20.3. The molecule has 0 saturated heterocycles. The maximum Gasteiger partial charge on any atom is 0.265 e. The molecule has 0 atom stereocenters. The average molecular weight is 378 g/mol. The van der Waals surface area contributed by atoms with Crippen molar-refractivity contribution in [1.82, 2.24) is 5.32 Å². The van der Waals surface area contributed by atoms with Gasteiger partial charge in [-0.3, -0.25) is 9.35 Å². The summed E-state index contributed by atoms with van der Waals surface area (Å²) in [6.45, 7) is 11.7. The van der Waals surface area contributed by atoms with Crippen LogP contribution in [0.25, 0.3) is 0 Å². The first-order valence-corrected chi connectivity index (χ1v) is 9.36. The van der Waals surface area contributed by atoms with Gasteiger partial charge in [0.05, 0.1) is 38.9 Å². The number of quaternary nitrogens is 1. The summed E-state index contributed by atoms with van der Waals surface area (Å²) in [5.41, 5.74) is 0.553. The number of carbonyl (C=O) groups is 2. The van der Waals surface area contributed by atoms with Crippen molar-refractivity contribution in [2.24, 2.45) is 0 Å². The molecule has 146 valence electrons. The molecule has 0 aromatic heterocycles. The summed E-state index contributed by atoms with van der Waals surface area (Å²) < 4.78 is 30.5. The molecular formula is C16H30N2O6S. The van der Waals surface area contributed by atoms with Gasteiger partial charge in [-0.05, 0) is 19.4 Å². The summed E-state index contributed by atoms with van der Waals surface area (Å²) in [7, 11) is 0.112. The molecule has 0 bridgehead atoms. The van der Waals surface area contributed by atoms with E-state index in [1.807, 2.05) is 14.1 Å². The summed E-state index contributed by atoms with van der Waals surface area (Å²) >= 11 is 0.